The average Bonchev–Trinajstić information content (AvgIpc) is 2.45. The second-order valence-electron chi connectivity index (χ2n) is 4.55. The summed E-state index contributed by atoms with van der Waals surface area (Å²) in [4.78, 5) is 0. The van der Waals surface area contributed by atoms with Crippen molar-refractivity contribution in [3.05, 3.63) is 57.6 Å². The zero-order valence-electron chi connectivity index (χ0n) is 11.8. The summed E-state index contributed by atoms with van der Waals surface area (Å²) < 4.78 is 11.9. The summed E-state index contributed by atoms with van der Waals surface area (Å²) in [5, 5.41) is 0. The Hall–Kier alpha value is -1.52. The van der Waals surface area contributed by atoms with Crippen molar-refractivity contribution in [2.75, 3.05) is 14.2 Å². The summed E-state index contributed by atoms with van der Waals surface area (Å²) in [5.41, 5.74) is 9.49. The molecule has 2 aromatic carbocycles. The third-order valence-corrected chi connectivity index (χ3v) is 3.84. The van der Waals surface area contributed by atoms with Gasteiger partial charge in [-0.25, -0.2) is 0 Å². The van der Waals surface area contributed by atoms with Crippen molar-refractivity contribution in [2.24, 2.45) is 5.73 Å². The third kappa shape index (κ3) is 2.81. The first-order valence-corrected chi connectivity index (χ1v) is 7.10. The van der Waals surface area contributed by atoms with E-state index in [4.69, 9.17) is 15.2 Å². The molecule has 0 heterocycles. The van der Waals surface area contributed by atoms with E-state index < -0.39 is 0 Å². The number of aryl methyl sites for hydroxylation is 1. The molecule has 4 heteroatoms. The number of ether oxygens (including phenoxy) is 2. The van der Waals surface area contributed by atoms with E-state index in [1.807, 2.05) is 37.3 Å². The molecule has 1 atom stereocenters. The van der Waals surface area contributed by atoms with Crippen molar-refractivity contribution in [3.8, 4) is 11.5 Å². The minimum absolute atomic E-state index is 0.297. The van der Waals surface area contributed by atoms with Gasteiger partial charge in [0.1, 0.15) is 11.5 Å². The van der Waals surface area contributed by atoms with E-state index in [1.54, 1.807) is 14.2 Å². The zero-order valence-corrected chi connectivity index (χ0v) is 13.4. The monoisotopic (exact) mass is 335 g/mol. The largest absolute Gasteiger partial charge is 0.496 e. The highest BCUT2D eigenvalue weighted by atomic mass is 79.9. The molecule has 3 nitrogen and oxygen atoms in total. The normalized spacial score (nSPS) is 12.1. The van der Waals surface area contributed by atoms with E-state index in [0.717, 1.165) is 32.7 Å². The van der Waals surface area contributed by atoms with E-state index in [2.05, 4.69) is 22.0 Å². The molecule has 0 saturated heterocycles. The first-order chi connectivity index (χ1) is 9.58. The topological polar surface area (TPSA) is 44.5 Å². The Morgan fingerprint density at radius 3 is 2.15 bits per heavy atom. The van der Waals surface area contributed by atoms with Gasteiger partial charge in [-0.2, -0.15) is 0 Å². The standard InChI is InChI=1S/C16H18BrNO2/c1-10-9-11(17)7-8-12(10)16(18)15-13(19-2)5-4-6-14(15)20-3/h4-9,16H,18H2,1-3H3. The molecule has 0 fully saturated rings. The molecule has 0 spiro atoms. The van der Waals surface area contributed by atoms with Crippen LogP contribution in [0.2, 0.25) is 0 Å². The molecule has 0 bridgehead atoms. The van der Waals surface area contributed by atoms with E-state index in [-0.39, 0.29) is 6.04 Å². The Kier molecular flexibility index (Phi) is 4.68. The maximum Gasteiger partial charge on any atom is 0.127 e. The predicted octanol–water partition coefficient (Wildman–Crippen LogP) is 3.82. The SMILES string of the molecule is COc1cccc(OC)c1C(N)c1ccc(Br)cc1C. The van der Waals surface area contributed by atoms with Crippen LogP contribution in [0.15, 0.2) is 40.9 Å². The Bertz CT molecular complexity index is 591. The highest BCUT2D eigenvalue weighted by molar-refractivity contribution is 9.10. The van der Waals surface area contributed by atoms with Crippen molar-refractivity contribution in [1.82, 2.24) is 0 Å². The van der Waals surface area contributed by atoms with Crippen LogP contribution < -0.4 is 15.2 Å². The molecule has 0 aliphatic heterocycles. The van der Waals surface area contributed by atoms with Crippen molar-refractivity contribution >= 4 is 15.9 Å². The van der Waals surface area contributed by atoms with Crippen LogP contribution >= 0.6 is 15.9 Å². The van der Waals surface area contributed by atoms with E-state index in [9.17, 15) is 0 Å². The molecule has 0 aliphatic carbocycles. The van der Waals surface area contributed by atoms with Gasteiger partial charge in [0, 0.05) is 4.47 Å². The number of hydrogen-bond acceptors (Lipinski definition) is 3. The minimum Gasteiger partial charge on any atom is -0.496 e. The molecule has 0 saturated carbocycles. The molecule has 2 N–H and O–H groups in total. The Balaban J connectivity index is 2.55. The molecule has 0 radical (unpaired) electrons. The number of methoxy groups -OCH3 is 2. The lowest BCUT2D eigenvalue weighted by molar-refractivity contribution is 0.382. The van der Waals surface area contributed by atoms with Crippen molar-refractivity contribution in [3.63, 3.8) is 0 Å². The lowest BCUT2D eigenvalue weighted by Crippen LogP contribution is -2.15. The van der Waals surface area contributed by atoms with Crippen LogP contribution in [0.5, 0.6) is 11.5 Å². The fourth-order valence-corrected chi connectivity index (χ4v) is 2.81. The predicted molar refractivity (Wildman–Crippen MR) is 84.5 cm³/mol. The first kappa shape index (κ1) is 14.9. The maximum atomic E-state index is 6.44. The number of hydrogen-bond donors (Lipinski definition) is 1. The van der Waals surface area contributed by atoms with Crippen molar-refractivity contribution in [2.45, 2.75) is 13.0 Å². The summed E-state index contributed by atoms with van der Waals surface area (Å²) in [6.07, 6.45) is 0. The van der Waals surface area contributed by atoms with Gasteiger partial charge >= 0.3 is 0 Å². The van der Waals surface area contributed by atoms with Gasteiger partial charge < -0.3 is 15.2 Å². The zero-order chi connectivity index (χ0) is 14.7. The summed E-state index contributed by atoms with van der Waals surface area (Å²) >= 11 is 3.47. The number of halogens is 1. The van der Waals surface area contributed by atoms with Gasteiger partial charge in [-0.1, -0.05) is 28.1 Å². The minimum atomic E-state index is -0.297. The lowest BCUT2D eigenvalue weighted by atomic mass is 9.94. The summed E-state index contributed by atoms with van der Waals surface area (Å²) in [7, 11) is 3.28. The Morgan fingerprint density at radius 1 is 1.05 bits per heavy atom. The molecule has 0 amide bonds. The Morgan fingerprint density at radius 2 is 1.65 bits per heavy atom. The lowest BCUT2D eigenvalue weighted by Gasteiger charge is -2.20. The molecule has 20 heavy (non-hydrogen) atoms. The van der Waals surface area contributed by atoms with Crippen LogP contribution in [0.1, 0.15) is 22.7 Å². The highest BCUT2D eigenvalue weighted by Crippen LogP contribution is 2.37. The van der Waals surface area contributed by atoms with E-state index in [1.165, 1.54) is 0 Å². The van der Waals surface area contributed by atoms with Crippen LogP contribution in [0.3, 0.4) is 0 Å². The Labute approximate surface area is 127 Å². The molecular weight excluding hydrogens is 318 g/mol. The van der Waals surface area contributed by atoms with Gasteiger partial charge in [-0.3, -0.25) is 0 Å². The molecule has 2 rings (SSSR count). The maximum absolute atomic E-state index is 6.44. The van der Waals surface area contributed by atoms with Crippen LogP contribution in [0.25, 0.3) is 0 Å². The smallest absolute Gasteiger partial charge is 0.127 e. The van der Waals surface area contributed by atoms with Crippen LogP contribution in [0, 0.1) is 6.92 Å². The average molecular weight is 336 g/mol. The number of nitrogens with two attached hydrogens (primary N) is 1. The summed E-state index contributed by atoms with van der Waals surface area (Å²) in [6, 6.07) is 11.5. The third-order valence-electron chi connectivity index (χ3n) is 3.34. The van der Waals surface area contributed by atoms with Crippen LogP contribution in [0.4, 0.5) is 0 Å². The van der Waals surface area contributed by atoms with Gasteiger partial charge in [0.25, 0.3) is 0 Å². The van der Waals surface area contributed by atoms with Gasteiger partial charge in [0.2, 0.25) is 0 Å². The second-order valence-corrected chi connectivity index (χ2v) is 5.47. The molecular formula is C16H18BrNO2. The first-order valence-electron chi connectivity index (χ1n) is 6.31. The molecule has 0 aliphatic rings. The quantitative estimate of drug-likeness (QED) is 0.923. The van der Waals surface area contributed by atoms with Crippen LogP contribution in [-0.2, 0) is 0 Å². The fourth-order valence-electron chi connectivity index (χ4n) is 2.33. The van der Waals surface area contributed by atoms with E-state index >= 15 is 0 Å². The molecule has 1 unspecified atom stereocenters. The number of rotatable bonds is 4. The van der Waals surface area contributed by atoms with Gasteiger partial charge in [0.05, 0.1) is 25.8 Å². The van der Waals surface area contributed by atoms with E-state index in [0.29, 0.717) is 0 Å². The summed E-state index contributed by atoms with van der Waals surface area (Å²) in [6.45, 7) is 2.04. The van der Waals surface area contributed by atoms with Crippen LogP contribution in [-0.4, -0.2) is 14.2 Å². The second kappa shape index (κ2) is 6.29. The van der Waals surface area contributed by atoms with Gasteiger partial charge in [0.15, 0.2) is 0 Å². The molecule has 0 aromatic heterocycles. The fraction of sp³-hybridized carbons (Fsp3) is 0.250. The van der Waals surface area contributed by atoms with Gasteiger partial charge in [-0.05, 0) is 42.3 Å². The van der Waals surface area contributed by atoms with Gasteiger partial charge in [-0.15, -0.1) is 0 Å². The number of benzene rings is 2. The van der Waals surface area contributed by atoms with Crippen molar-refractivity contribution in [1.29, 1.82) is 0 Å². The molecule has 106 valence electrons. The molecule has 2 aromatic rings. The highest BCUT2D eigenvalue weighted by Gasteiger charge is 2.20. The summed E-state index contributed by atoms with van der Waals surface area (Å²) in [5.74, 6) is 1.47. The van der Waals surface area contributed by atoms with Crippen molar-refractivity contribution < 1.29 is 9.47 Å².